The summed E-state index contributed by atoms with van der Waals surface area (Å²) in [6.07, 6.45) is 10.8. The highest BCUT2D eigenvalue weighted by Gasteiger charge is 2.48. The van der Waals surface area contributed by atoms with E-state index < -0.39 is 9.84 Å². The molecule has 3 saturated heterocycles. The van der Waals surface area contributed by atoms with E-state index in [0.29, 0.717) is 41.5 Å². The van der Waals surface area contributed by atoms with Crippen LogP contribution < -0.4 is 0 Å². The van der Waals surface area contributed by atoms with Crippen LogP contribution >= 0.6 is 0 Å². The van der Waals surface area contributed by atoms with Crippen LogP contribution in [0.3, 0.4) is 0 Å². The lowest BCUT2D eigenvalue weighted by Crippen LogP contribution is -2.46. The van der Waals surface area contributed by atoms with Gasteiger partial charge in [-0.15, -0.1) is 0 Å². The van der Waals surface area contributed by atoms with Crippen LogP contribution in [0.1, 0.15) is 74.8 Å². The summed E-state index contributed by atoms with van der Waals surface area (Å²) in [7, 11) is -3.23. The Labute approximate surface area is 257 Å². The molecule has 1 aliphatic carbocycles. The van der Waals surface area contributed by atoms with Gasteiger partial charge in [0.2, 0.25) is 11.8 Å². The Morgan fingerprint density at radius 3 is 2.23 bits per heavy atom. The second-order valence-corrected chi connectivity index (χ2v) is 15.8. The van der Waals surface area contributed by atoms with Gasteiger partial charge >= 0.3 is 0 Å². The number of rotatable bonds is 8. The number of hydrogen-bond acceptors (Lipinski definition) is 5. The fraction of sp³-hybridized carbons (Fsp3) is 0.600. The number of amides is 2. The van der Waals surface area contributed by atoms with Crippen LogP contribution in [0.15, 0.2) is 59.5 Å². The van der Waals surface area contributed by atoms with Crippen LogP contribution in [0, 0.1) is 17.3 Å². The van der Waals surface area contributed by atoms with Gasteiger partial charge in [-0.05, 0) is 80.3 Å². The molecule has 2 atom stereocenters. The third-order valence-corrected chi connectivity index (χ3v) is 12.0. The van der Waals surface area contributed by atoms with Gasteiger partial charge in [0.1, 0.15) is 0 Å². The van der Waals surface area contributed by atoms with Crippen molar-refractivity contribution in [2.75, 3.05) is 45.5 Å². The van der Waals surface area contributed by atoms with Crippen LogP contribution in [0.5, 0.6) is 0 Å². The van der Waals surface area contributed by atoms with E-state index >= 15 is 0 Å². The average molecular weight is 606 g/mol. The molecule has 1 spiro atoms. The monoisotopic (exact) mass is 605 g/mol. The molecular formula is C35H47N3O4S. The van der Waals surface area contributed by atoms with Crippen molar-refractivity contribution in [2.45, 2.75) is 75.1 Å². The molecule has 0 radical (unpaired) electrons. The third kappa shape index (κ3) is 6.85. The summed E-state index contributed by atoms with van der Waals surface area (Å²) < 4.78 is 23.6. The Hall–Kier alpha value is -2.71. The van der Waals surface area contributed by atoms with Crippen molar-refractivity contribution in [1.82, 2.24) is 14.7 Å². The Bertz CT molecular complexity index is 1380. The molecule has 4 fully saturated rings. The summed E-state index contributed by atoms with van der Waals surface area (Å²) in [6.45, 7) is 5.72. The summed E-state index contributed by atoms with van der Waals surface area (Å²) in [5.74, 6) is 1.91. The van der Waals surface area contributed by atoms with Gasteiger partial charge in [0, 0.05) is 51.3 Å². The van der Waals surface area contributed by atoms with Crippen LogP contribution in [0.2, 0.25) is 0 Å². The Balaban J connectivity index is 1.05. The molecular weight excluding hydrogens is 558 g/mol. The van der Waals surface area contributed by atoms with Crippen molar-refractivity contribution in [1.29, 1.82) is 0 Å². The Morgan fingerprint density at radius 1 is 0.884 bits per heavy atom. The molecule has 0 unspecified atom stereocenters. The SMILES string of the molecule is CS(=O)(=O)c1ccc(CN2CCC3(CCN(C[C@H]4CN(C(=O)CC5CCCCC5)C[C@@H]4c4ccccc4)CC3)C2=O)cc1. The first-order valence-electron chi connectivity index (χ1n) is 16.3. The Kier molecular flexibility index (Phi) is 8.97. The Morgan fingerprint density at radius 2 is 1.56 bits per heavy atom. The molecule has 2 aromatic rings. The van der Waals surface area contributed by atoms with Crippen molar-refractivity contribution in [3.05, 3.63) is 65.7 Å². The molecule has 1 saturated carbocycles. The quantitative estimate of drug-likeness (QED) is 0.418. The van der Waals surface area contributed by atoms with Crippen LogP contribution in [0.25, 0.3) is 0 Å². The molecule has 43 heavy (non-hydrogen) atoms. The number of nitrogens with zero attached hydrogens (tertiary/aromatic N) is 3. The number of carbonyl (C=O) groups excluding carboxylic acids is 2. The van der Waals surface area contributed by atoms with E-state index in [1.165, 1.54) is 43.9 Å². The topological polar surface area (TPSA) is 78.0 Å². The highest BCUT2D eigenvalue weighted by Crippen LogP contribution is 2.43. The normalized spacial score (nSPS) is 25.1. The van der Waals surface area contributed by atoms with E-state index in [0.717, 1.165) is 64.1 Å². The van der Waals surface area contributed by atoms with Crippen molar-refractivity contribution < 1.29 is 18.0 Å². The predicted molar refractivity (Wildman–Crippen MR) is 168 cm³/mol. The second kappa shape index (κ2) is 12.7. The first-order chi connectivity index (χ1) is 20.7. The van der Waals surface area contributed by atoms with Gasteiger partial charge in [-0.2, -0.15) is 0 Å². The van der Waals surface area contributed by atoms with Crippen LogP contribution in [-0.4, -0.2) is 80.5 Å². The van der Waals surface area contributed by atoms with E-state index in [4.69, 9.17) is 0 Å². The lowest BCUT2D eigenvalue weighted by molar-refractivity contribution is -0.139. The van der Waals surface area contributed by atoms with Gasteiger partial charge < -0.3 is 14.7 Å². The summed E-state index contributed by atoms with van der Waals surface area (Å²) >= 11 is 0. The maximum absolute atomic E-state index is 13.6. The van der Waals surface area contributed by atoms with Crippen LogP contribution in [0.4, 0.5) is 0 Å². The van der Waals surface area contributed by atoms with Crippen molar-refractivity contribution in [2.24, 2.45) is 17.3 Å². The number of carbonyl (C=O) groups is 2. The predicted octanol–water partition coefficient (Wildman–Crippen LogP) is 5.12. The fourth-order valence-electron chi connectivity index (χ4n) is 8.17. The van der Waals surface area contributed by atoms with E-state index in [1.54, 1.807) is 12.1 Å². The smallest absolute Gasteiger partial charge is 0.229 e. The second-order valence-electron chi connectivity index (χ2n) is 13.8. The van der Waals surface area contributed by atoms with E-state index in [1.807, 2.05) is 17.0 Å². The van der Waals surface area contributed by atoms with E-state index in [2.05, 4.69) is 40.1 Å². The molecule has 8 heteroatoms. The van der Waals surface area contributed by atoms with Gasteiger partial charge in [-0.25, -0.2) is 8.42 Å². The summed E-state index contributed by atoms with van der Waals surface area (Å²) in [5, 5.41) is 0. The molecule has 232 valence electrons. The lowest BCUT2D eigenvalue weighted by Gasteiger charge is -2.39. The van der Waals surface area contributed by atoms with Crippen molar-refractivity contribution in [3.63, 3.8) is 0 Å². The summed E-state index contributed by atoms with van der Waals surface area (Å²) in [5.41, 5.74) is 2.02. The number of hydrogen-bond donors (Lipinski definition) is 0. The average Bonchev–Trinajstić information content (AvgIpc) is 3.56. The molecule has 3 aliphatic heterocycles. The molecule has 3 heterocycles. The lowest BCUT2D eigenvalue weighted by atomic mass is 9.76. The number of piperidine rings is 1. The minimum Gasteiger partial charge on any atom is -0.342 e. The maximum Gasteiger partial charge on any atom is 0.229 e. The first-order valence-corrected chi connectivity index (χ1v) is 18.2. The minimum absolute atomic E-state index is 0.252. The van der Waals surface area contributed by atoms with Crippen molar-refractivity contribution in [3.8, 4) is 0 Å². The first kappa shape index (κ1) is 30.3. The summed E-state index contributed by atoms with van der Waals surface area (Å²) in [4.78, 5) is 34.0. The fourth-order valence-corrected chi connectivity index (χ4v) is 8.80. The molecule has 0 aromatic heterocycles. The van der Waals surface area contributed by atoms with Crippen molar-refractivity contribution >= 4 is 21.7 Å². The third-order valence-electron chi connectivity index (χ3n) is 10.8. The number of sulfone groups is 1. The van der Waals surface area contributed by atoms with Gasteiger partial charge in [-0.3, -0.25) is 9.59 Å². The number of likely N-dealkylation sites (tertiary alicyclic amines) is 3. The van der Waals surface area contributed by atoms with Gasteiger partial charge in [0.25, 0.3) is 0 Å². The minimum atomic E-state index is -3.23. The zero-order valence-corrected chi connectivity index (χ0v) is 26.4. The van der Waals surface area contributed by atoms with Crippen LogP contribution in [-0.2, 0) is 26.0 Å². The number of benzene rings is 2. The van der Waals surface area contributed by atoms with Gasteiger partial charge in [0.05, 0.1) is 10.3 Å². The molecule has 0 N–H and O–H groups in total. The summed E-state index contributed by atoms with van der Waals surface area (Å²) in [6, 6.07) is 17.7. The molecule has 2 aromatic carbocycles. The van der Waals surface area contributed by atoms with Gasteiger partial charge in [-0.1, -0.05) is 61.7 Å². The van der Waals surface area contributed by atoms with E-state index in [9.17, 15) is 18.0 Å². The molecule has 2 amide bonds. The zero-order chi connectivity index (χ0) is 30.0. The van der Waals surface area contributed by atoms with E-state index in [-0.39, 0.29) is 11.3 Å². The molecule has 6 rings (SSSR count). The zero-order valence-electron chi connectivity index (χ0n) is 25.6. The standard InChI is InChI=1S/C35H47N3O4S/c1-43(41,42)31-14-12-28(13-15-31)23-37-21-18-35(34(37)40)16-19-36(20-17-35)24-30-25-38(26-32(30)29-10-6-3-7-11-29)33(39)22-27-8-4-2-5-9-27/h3,6-7,10-15,27,30,32H,2,4-5,8-9,16-26H2,1H3/t30-,32+/m0/s1. The highest BCUT2D eigenvalue weighted by atomic mass is 32.2. The highest BCUT2D eigenvalue weighted by molar-refractivity contribution is 7.90. The maximum atomic E-state index is 13.6. The molecule has 7 nitrogen and oxygen atoms in total. The molecule has 4 aliphatic rings. The van der Waals surface area contributed by atoms with Gasteiger partial charge in [0.15, 0.2) is 9.84 Å². The molecule has 0 bridgehead atoms. The largest absolute Gasteiger partial charge is 0.342 e.